The molecule has 0 fully saturated rings. The standard InChI is InChI=1S/C8H15N/c1-4-5-6-9-7-8(2)3/h8-9H,6-7H2,1-3H3/p+1. The fourth-order valence-corrected chi connectivity index (χ4v) is 0.591. The minimum atomic E-state index is 0.781. The van der Waals surface area contributed by atoms with Crippen LogP contribution < -0.4 is 5.32 Å². The molecule has 0 aliphatic rings. The van der Waals surface area contributed by atoms with Gasteiger partial charge in [-0.1, -0.05) is 13.8 Å². The van der Waals surface area contributed by atoms with Crippen molar-refractivity contribution in [2.45, 2.75) is 20.8 Å². The molecule has 0 radical (unpaired) electrons. The largest absolute Gasteiger partial charge is 0.336 e. The molecule has 0 heterocycles. The van der Waals surface area contributed by atoms with E-state index in [1.54, 1.807) is 0 Å². The summed E-state index contributed by atoms with van der Waals surface area (Å²) in [5.41, 5.74) is 0. The van der Waals surface area contributed by atoms with Crippen LogP contribution in [0.5, 0.6) is 0 Å². The summed E-state index contributed by atoms with van der Waals surface area (Å²) in [6, 6.07) is 0. The van der Waals surface area contributed by atoms with E-state index < -0.39 is 0 Å². The van der Waals surface area contributed by atoms with Gasteiger partial charge in [-0.2, -0.15) is 0 Å². The van der Waals surface area contributed by atoms with Crippen molar-refractivity contribution >= 4 is 0 Å². The van der Waals surface area contributed by atoms with Gasteiger partial charge in [0.05, 0.1) is 6.54 Å². The van der Waals surface area contributed by atoms with Crippen molar-refractivity contribution in [2.75, 3.05) is 13.1 Å². The van der Waals surface area contributed by atoms with Crippen LogP contribution in [-0.4, -0.2) is 13.1 Å². The smallest absolute Gasteiger partial charge is 0.137 e. The van der Waals surface area contributed by atoms with Gasteiger partial charge in [-0.3, -0.25) is 0 Å². The molecule has 1 heteroatoms. The average molecular weight is 126 g/mol. The SMILES string of the molecule is CC#CC[NH2+]CC(C)C. The molecule has 0 aromatic carbocycles. The van der Waals surface area contributed by atoms with Gasteiger partial charge in [0.15, 0.2) is 0 Å². The van der Waals surface area contributed by atoms with Crippen LogP contribution in [0.25, 0.3) is 0 Å². The maximum absolute atomic E-state index is 3.00. The van der Waals surface area contributed by atoms with E-state index in [4.69, 9.17) is 0 Å². The van der Waals surface area contributed by atoms with Crippen LogP contribution in [0.3, 0.4) is 0 Å². The highest BCUT2D eigenvalue weighted by Gasteiger charge is 1.91. The van der Waals surface area contributed by atoms with Crippen molar-refractivity contribution in [1.82, 2.24) is 0 Å². The third-order valence-electron chi connectivity index (χ3n) is 1.06. The fraction of sp³-hybridized carbons (Fsp3) is 0.750. The van der Waals surface area contributed by atoms with Crippen molar-refractivity contribution in [3.63, 3.8) is 0 Å². The molecule has 0 aromatic rings. The first-order valence-corrected chi connectivity index (χ1v) is 3.48. The van der Waals surface area contributed by atoms with Crippen LogP contribution in [0.15, 0.2) is 0 Å². The number of hydrogen-bond acceptors (Lipinski definition) is 0. The molecule has 0 saturated heterocycles. The molecule has 0 bridgehead atoms. The van der Waals surface area contributed by atoms with Gasteiger partial charge in [0.1, 0.15) is 6.54 Å². The van der Waals surface area contributed by atoms with E-state index in [0.717, 1.165) is 12.5 Å². The Morgan fingerprint density at radius 1 is 1.44 bits per heavy atom. The first kappa shape index (κ1) is 8.52. The molecule has 0 aromatic heterocycles. The molecule has 0 aliphatic carbocycles. The van der Waals surface area contributed by atoms with Crippen LogP contribution in [0.4, 0.5) is 0 Å². The number of rotatable bonds is 3. The van der Waals surface area contributed by atoms with Crippen LogP contribution in [0.2, 0.25) is 0 Å². The normalized spacial score (nSPS) is 8.89. The van der Waals surface area contributed by atoms with E-state index in [9.17, 15) is 0 Å². The molecule has 52 valence electrons. The highest BCUT2D eigenvalue weighted by Crippen LogP contribution is 1.81. The van der Waals surface area contributed by atoms with E-state index in [1.807, 2.05) is 6.92 Å². The minimum Gasteiger partial charge on any atom is -0.336 e. The zero-order chi connectivity index (χ0) is 7.11. The van der Waals surface area contributed by atoms with Crippen molar-refractivity contribution in [3.05, 3.63) is 0 Å². The van der Waals surface area contributed by atoms with Gasteiger partial charge in [-0.15, -0.1) is 5.92 Å². The second-order valence-corrected chi connectivity index (χ2v) is 2.55. The lowest BCUT2D eigenvalue weighted by atomic mass is 10.2. The first-order chi connectivity index (χ1) is 4.27. The monoisotopic (exact) mass is 126 g/mol. The third kappa shape index (κ3) is 7.52. The Labute approximate surface area is 57.8 Å². The zero-order valence-corrected chi connectivity index (χ0v) is 6.57. The number of nitrogens with two attached hydrogens (primary N) is 1. The molecule has 0 spiro atoms. The van der Waals surface area contributed by atoms with Crippen molar-refractivity contribution in [1.29, 1.82) is 0 Å². The zero-order valence-electron chi connectivity index (χ0n) is 6.57. The highest BCUT2D eigenvalue weighted by atomic mass is 14.8. The molecular formula is C8H16N+. The second kappa shape index (κ2) is 5.65. The fourth-order valence-electron chi connectivity index (χ4n) is 0.591. The van der Waals surface area contributed by atoms with Crippen LogP contribution in [0, 0.1) is 17.8 Å². The summed E-state index contributed by atoms with van der Waals surface area (Å²) in [6.07, 6.45) is 0. The van der Waals surface area contributed by atoms with Gasteiger partial charge in [-0.25, -0.2) is 0 Å². The quantitative estimate of drug-likeness (QED) is 0.412. The Bertz CT molecular complexity index is 105. The molecule has 0 saturated carbocycles. The summed E-state index contributed by atoms with van der Waals surface area (Å²) in [5, 5.41) is 2.24. The van der Waals surface area contributed by atoms with E-state index in [0.29, 0.717) is 0 Å². The highest BCUT2D eigenvalue weighted by molar-refractivity contribution is 4.93. The number of hydrogen-bond donors (Lipinski definition) is 1. The second-order valence-electron chi connectivity index (χ2n) is 2.55. The molecule has 0 rings (SSSR count). The molecule has 2 N–H and O–H groups in total. The lowest BCUT2D eigenvalue weighted by Crippen LogP contribution is -2.85. The molecule has 0 aliphatic heterocycles. The third-order valence-corrected chi connectivity index (χ3v) is 1.06. The summed E-state index contributed by atoms with van der Waals surface area (Å²) >= 11 is 0. The van der Waals surface area contributed by atoms with E-state index in [-0.39, 0.29) is 0 Å². The molecule has 1 nitrogen and oxygen atoms in total. The summed E-state index contributed by atoms with van der Waals surface area (Å²) in [7, 11) is 0. The van der Waals surface area contributed by atoms with Crippen LogP contribution >= 0.6 is 0 Å². The van der Waals surface area contributed by atoms with Gasteiger partial charge in [0, 0.05) is 5.92 Å². The Hall–Kier alpha value is -0.480. The van der Waals surface area contributed by atoms with Crippen LogP contribution in [-0.2, 0) is 0 Å². The van der Waals surface area contributed by atoms with E-state index >= 15 is 0 Å². The Morgan fingerprint density at radius 3 is 2.56 bits per heavy atom. The maximum Gasteiger partial charge on any atom is 0.137 e. The predicted molar refractivity (Wildman–Crippen MR) is 39.9 cm³/mol. The molecule has 9 heavy (non-hydrogen) atoms. The van der Waals surface area contributed by atoms with Gasteiger partial charge >= 0.3 is 0 Å². The molecular weight excluding hydrogens is 110 g/mol. The Kier molecular flexibility index (Phi) is 5.35. The predicted octanol–water partition coefficient (Wildman–Crippen LogP) is 0.229. The summed E-state index contributed by atoms with van der Waals surface area (Å²) in [4.78, 5) is 0. The Balaban J connectivity index is 2.98. The summed E-state index contributed by atoms with van der Waals surface area (Å²) in [6.45, 7) is 8.46. The topological polar surface area (TPSA) is 16.6 Å². The van der Waals surface area contributed by atoms with Crippen molar-refractivity contribution < 1.29 is 5.32 Å². The van der Waals surface area contributed by atoms with Gasteiger partial charge in [0.2, 0.25) is 0 Å². The average Bonchev–Trinajstić information content (AvgIpc) is 1.80. The van der Waals surface area contributed by atoms with Gasteiger partial charge < -0.3 is 5.32 Å². The van der Waals surface area contributed by atoms with Crippen molar-refractivity contribution in [3.8, 4) is 11.8 Å². The van der Waals surface area contributed by atoms with E-state index in [1.165, 1.54) is 6.54 Å². The van der Waals surface area contributed by atoms with Gasteiger partial charge in [-0.05, 0) is 12.8 Å². The van der Waals surface area contributed by atoms with Crippen LogP contribution in [0.1, 0.15) is 20.8 Å². The lowest BCUT2D eigenvalue weighted by Gasteiger charge is -1.98. The maximum atomic E-state index is 3.00. The van der Waals surface area contributed by atoms with Gasteiger partial charge in [0.25, 0.3) is 0 Å². The van der Waals surface area contributed by atoms with E-state index in [2.05, 4.69) is 31.0 Å². The molecule has 0 atom stereocenters. The minimum absolute atomic E-state index is 0.781. The van der Waals surface area contributed by atoms with Crippen molar-refractivity contribution in [2.24, 2.45) is 5.92 Å². The molecule has 0 unspecified atom stereocenters. The Morgan fingerprint density at radius 2 is 2.11 bits per heavy atom. The summed E-state index contributed by atoms with van der Waals surface area (Å²) in [5.74, 6) is 6.64. The lowest BCUT2D eigenvalue weighted by molar-refractivity contribution is -0.648. The number of quaternary nitrogens is 1. The first-order valence-electron chi connectivity index (χ1n) is 3.48. The molecule has 0 amide bonds. The summed E-state index contributed by atoms with van der Waals surface area (Å²) < 4.78 is 0.